The first-order chi connectivity index (χ1) is 8.11. The number of aryl methyl sites for hydroxylation is 2. The lowest BCUT2D eigenvalue weighted by Gasteiger charge is -2.29. The van der Waals surface area contributed by atoms with Crippen LogP contribution in [-0.4, -0.2) is 33.8 Å². The minimum absolute atomic E-state index is 0.375. The largest absolute Gasteiger partial charge is 0.328 e. The zero-order chi connectivity index (χ0) is 12.4. The number of hydrogen-bond donors (Lipinski definition) is 1. The second-order valence-corrected chi connectivity index (χ2v) is 5.18. The van der Waals surface area contributed by atoms with E-state index in [-0.39, 0.29) is 0 Å². The molecule has 0 bridgehead atoms. The van der Waals surface area contributed by atoms with Crippen LogP contribution in [0, 0.1) is 0 Å². The molecule has 2 rings (SSSR count). The first kappa shape index (κ1) is 12.9. The molecule has 0 aromatic carbocycles. The monoisotopic (exact) mass is 256 g/mol. The fourth-order valence-electron chi connectivity index (χ4n) is 2.31. The number of hydrogen-bond acceptors (Lipinski definition) is 3. The van der Waals surface area contributed by atoms with Gasteiger partial charge in [-0.05, 0) is 19.3 Å². The predicted molar refractivity (Wildman–Crippen MR) is 70.1 cm³/mol. The first-order valence-electron chi connectivity index (χ1n) is 6.30. The van der Waals surface area contributed by atoms with Crippen molar-refractivity contribution in [3.8, 4) is 0 Å². The molecular weight excluding hydrogens is 236 g/mol. The van der Waals surface area contributed by atoms with Crippen molar-refractivity contribution in [1.82, 2.24) is 14.7 Å². The summed E-state index contributed by atoms with van der Waals surface area (Å²) in [6, 6.07) is 0.375. The molecule has 1 saturated heterocycles. The van der Waals surface area contributed by atoms with E-state index < -0.39 is 0 Å². The molecule has 0 saturated carbocycles. The second kappa shape index (κ2) is 5.38. The lowest BCUT2D eigenvalue weighted by molar-refractivity contribution is 0.201. The van der Waals surface area contributed by atoms with E-state index in [0.717, 1.165) is 55.3 Å². The van der Waals surface area contributed by atoms with Crippen molar-refractivity contribution in [3.63, 3.8) is 0 Å². The van der Waals surface area contributed by atoms with Gasteiger partial charge in [-0.25, -0.2) is 0 Å². The third kappa shape index (κ3) is 2.81. The van der Waals surface area contributed by atoms with Gasteiger partial charge in [0, 0.05) is 32.7 Å². The number of piperidine rings is 1. The lowest BCUT2D eigenvalue weighted by atomic mass is 10.1. The normalized spacial score (nSPS) is 18.8. The number of aromatic nitrogens is 2. The predicted octanol–water partition coefficient (Wildman–Crippen LogP) is 1.56. The fraction of sp³-hybridized carbons (Fsp3) is 0.750. The summed E-state index contributed by atoms with van der Waals surface area (Å²) in [5.74, 6) is 0. The minimum Gasteiger partial charge on any atom is -0.328 e. The molecule has 0 radical (unpaired) electrons. The summed E-state index contributed by atoms with van der Waals surface area (Å²) in [5.41, 5.74) is 8.03. The summed E-state index contributed by atoms with van der Waals surface area (Å²) in [6.45, 7) is 5.08. The molecule has 0 aliphatic carbocycles. The standard InChI is InChI=1S/C12H21ClN4/c1-3-10-12(13)11(16(2)15-10)8-17-6-4-9(14)5-7-17/h9H,3-8,14H2,1-2H3. The summed E-state index contributed by atoms with van der Waals surface area (Å²) in [4.78, 5) is 2.41. The van der Waals surface area contributed by atoms with Crippen LogP contribution in [0.1, 0.15) is 31.2 Å². The van der Waals surface area contributed by atoms with Crippen LogP contribution in [0.3, 0.4) is 0 Å². The van der Waals surface area contributed by atoms with Gasteiger partial charge in [0.1, 0.15) is 0 Å². The van der Waals surface area contributed by atoms with Crippen LogP contribution in [0.15, 0.2) is 0 Å². The highest BCUT2D eigenvalue weighted by atomic mass is 35.5. The molecule has 1 fully saturated rings. The van der Waals surface area contributed by atoms with Crippen molar-refractivity contribution in [2.24, 2.45) is 12.8 Å². The van der Waals surface area contributed by atoms with E-state index in [1.54, 1.807) is 0 Å². The Labute approximate surface area is 108 Å². The smallest absolute Gasteiger partial charge is 0.0863 e. The Balaban J connectivity index is 2.05. The lowest BCUT2D eigenvalue weighted by Crippen LogP contribution is -2.39. The molecule has 1 aliphatic rings. The van der Waals surface area contributed by atoms with E-state index in [1.165, 1.54) is 0 Å². The summed E-state index contributed by atoms with van der Waals surface area (Å²) in [6.07, 6.45) is 3.05. The minimum atomic E-state index is 0.375. The highest BCUT2D eigenvalue weighted by molar-refractivity contribution is 6.31. The van der Waals surface area contributed by atoms with Crippen LogP contribution in [0.5, 0.6) is 0 Å². The van der Waals surface area contributed by atoms with Crippen molar-refractivity contribution in [1.29, 1.82) is 0 Å². The highest BCUT2D eigenvalue weighted by Gasteiger charge is 2.20. The molecule has 5 heteroatoms. The summed E-state index contributed by atoms with van der Waals surface area (Å²) < 4.78 is 1.91. The van der Waals surface area contributed by atoms with Gasteiger partial charge < -0.3 is 5.73 Å². The van der Waals surface area contributed by atoms with Crippen LogP contribution in [0.25, 0.3) is 0 Å². The van der Waals surface area contributed by atoms with E-state index in [4.69, 9.17) is 17.3 Å². The molecule has 0 spiro atoms. The molecule has 1 aromatic rings. The molecule has 2 N–H and O–H groups in total. The Kier molecular flexibility index (Phi) is 4.07. The fourth-order valence-corrected chi connectivity index (χ4v) is 2.67. The van der Waals surface area contributed by atoms with Gasteiger partial charge in [0.15, 0.2) is 0 Å². The molecule has 96 valence electrons. The number of halogens is 1. The third-order valence-electron chi connectivity index (χ3n) is 3.51. The molecule has 0 unspecified atom stereocenters. The molecule has 4 nitrogen and oxygen atoms in total. The Morgan fingerprint density at radius 3 is 2.59 bits per heavy atom. The average Bonchev–Trinajstić information content (AvgIpc) is 2.59. The third-order valence-corrected chi connectivity index (χ3v) is 3.94. The molecule has 0 amide bonds. The molecule has 17 heavy (non-hydrogen) atoms. The van der Waals surface area contributed by atoms with Crippen molar-refractivity contribution in [2.45, 2.75) is 38.8 Å². The SMILES string of the molecule is CCc1nn(C)c(CN2CCC(N)CC2)c1Cl. The highest BCUT2D eigenvalue weighted by Crippen LogP contribution is 2.23. The van der Waals surface area contributed by atoms with Crippen LogP contribution in [-0.2, 0) is 20.0 Å². The van der Waals surface area contributed by atoms with E-state index in [2.05, 4.69) is 16.9 Å². The summed E-state index contributed by atoms with van der Waals surface area (Å²) >= 11 is 6.34. The van der Waals surface area contributed by atoms with Crippen molar-refractivity contribution >= 4 is 11.6 Å². The Hall–Kier alpha value is -0.580. The molecule has 2 heterocycles. The maximum Gasteiger partial charge on any atom is 0.0863 e. The maximum absolute atomic E-state index is 6.34. The van der Waals surface area contributed by atoms with E-state index in [9.17, 15) is 0 Å². The number of rotatable bonds is 3. The molecular formula is C12H21ClN4. The van der Waals surface area contributed by atoms with E-state index >= 15 is 0 Å². The Morgan fingerprint density at radius 1 is 1.41 bits per heavy atom. The van der Waals surface area contributed by atoms with Crippen molar-refractivity contribution in [2.75, 3.05) is 13.1 Å². The van der Waals surface area contributed by atoms with Crippen LogP contribution in [0.2, 0.25) is 5.02 Å². The molecule has 0 atom stereocenters. The van der Waals surface area contributed by atoms with Gasteiger partial charge >= 0.3 is 0 Å². The van der Waals surface area contributed by atoms with Gasteiger partial charge in [-0.15, -0.1) is 0 Å². The molecule has 1 aliphatic heterocycles. The number of nitrogens with two attached hydrogens (primary N) is 1. The van der Waals surface area contributed by atoms with Gasteiger partial charge in [0.05, 0.1) is 16.4 Å². The van der Waals surface area contributed by atoms with Gasteiger partial charge in [-0.1, -0.05) is 18.5 Å². The molecule has 1 aromatic heterocycles. The number of nitrogens with zero attached hydrogens (tertiary/aromatic N) is 3. The Morgan fingerprint density at radius 2 is 2.06 bits per heavy atom. The van der Waals surface area contributed by atoms with Crippen LogP contribution >= 0.6 is 11.6 Å². The average molecular weight is 257 g/mol. The summed E-state index contributed by atoms with van der Waals surface area (Å²) in [5, 5.41) is 5.28. The second-order valence-electron chi connectivity index (χ2n) is 4.80. The van der Waals surface area contributed by atoms with Gasteiger partial charge in [-0.3, -0.25) is 9.58 Å². The zero-order valence-corrected chi connectivity index (χ0v) is 11.4. The van der Waals surface area contributed by atoms with Crippen LogP contribution in [0.4, 0.5) is 0 Å². The van der Waals surface area contributed by atoms with Gasteiger partial charge in [0.25, 0.3) is 0 Å². The topological polar surface area (TPSA) is 47.1 Å². The zero-order valence-electron chi connectivity index (χ0n) is 10.6. The maximum atomic E-state index is 6.34. The Bertz CT molecular complexity index is 380. The van der Waals surface area contributed by atoms with Crippen LogP contribution < -0.4 is 5.73 Å². The number of likely N-dealkylation sites (tertiary alicyclic amines) is 1. The summed E-state index contributed by atoms with van der Waals surface area (Å²) in [7, 11) is 1.97. The van der Waals surface area contributed by atoms with E-state index in [1.807, 2.05) is 11.7 Å². The van der Waals surface area contributed by atoms with Crippen molar-refractivity contribution in [3.05, 3.63) is 16.4 Å². The first-order valence-corrected chi connectivity index (χ1v) is 6.67. The quantitative estimate of drug-likeness (QED) is 0.893. The van der Waals surface area contributed by atoms with Gasteiger partial charge in [0.2, 0.25) is 0 Å². The van der Waals surface area contributed by atoms with Gasteiger partial charge in [-0.2, -0.15) is 5.10 Å². The van der Waals surface area contributed by atoms with E-state index in [0.29, 0.717) is 6.04 Å². The van der Waals surface area contributed by atoms with Crippen molar-refractivity contribution < 1.29 is 0 Å².